The summed E-state index contributed by atoms with van der Waals surface area (Å²) in [4.78, 5) is 0. The van der Waals surface area contributed by atoms with Crippen molar-refractivity contribution in [3.63, 3.8) is 0 Å². The van der Waals surface area contributed by atoms with E-state index in [4.69, 9.17) is 5.11 Å². The van der Waals surface area contributed by atoms with Gasteiger partial charge < -0.3 is 5.11 Å². The van der Waals surface area contributed by atoms with Crippen LogP contribution < -0.4 is 0 Å². The molecule has 0 spiro atoms. The molecule has 0 aromatic carbocycles. The number of pyridine rings is 1. The van der Waals surface area contributed by atoms with Gasteiger partial charge in [-0.05, 0) is 18.6 Å². The van der Waals surface area contributed by atoms with E-state index < -0.39 is 0 Å². The number of fused-ring (bicyclic) bond motifs is 1. The minimum atomic E-state index is 0.0482. The Kier molecular flexibility index (Phi) is 1.59. The van der Waals surface area contributed by atoms with E-state index in [1.807, 2.05) is 25.3 Å². The molecule has 0 aliphatic heterocycles. The van der Waals surface area contributed by atoms with Gasteiger partial charge in [0.2, 0.25) is 0 Å². The number of aromatic nitrogens is 2. The average molecular weight is 162 g/mol. The minimum absolute atomic E-state index is 0.0482. The van der Waals surface area contributed by atoms with Crippen LogP contribution in [0.15, 0.2) is 24.5 Å². The van der Waals surface area contributed by atoms with Crippen LogP contribution in [0.4, 0.5) is 0 Å². The summed E-state index contributed by atoms with van der Waals surface area (Å²) >= 11 is 0. The topological polar surface area (TPSA) is 37.5 Å². The SMILES string of the molecule is Cc1ccc2c(CO)cnn2c1. The molecule has 3 heteroatoms. The number of aliphatic hydroxyl groups is 1. The van der Waals surface area contributed by atoms with Crippen LogP contribution in [-0.2, 0) is 6.61 Å². The third-order valence-electron chi connectivity index (χ3n) is 1.91. The van der Waals surface area contributed by atoms with E-state index in [9.17, 15) is 0 Å². The molecule has 0 atom stereocenters. The maximum atomic E-state index is 8.94. The molecule has 2 aromatic heterocycles. The maximum absolute atomic E-state index is 8.94. The van der Waals surface area contributed by atoms with Crippen LogP contribution in [0.1, 0.15) is 11.1 Å². The lowest BCUT2D eigenvalue weighted by atomic mass is 10.2. The first-order valence-corrected chi connectivity index (χ1v) is 3.85. The molecule has 0 amide bonds. The van der Waals surface area contributed by atoms with Crippen molar-refractivity contribution < 1.29 is 5.11 Å². The van der Waals surface area contributed by atoms with Gasteiger partial charge in [-0.25, -0.2) is 4.52 Å². The normalized spacial score (nSPS) is 10.8. The molecule has 0 unspecified atom stereocenters. The van der Waals surface area contributed by atoms with Crippen molar-refractivity contribution in [1.82, 2.24) is 9.61 Å². The van der Waals surface area contributed by atoms with Crippen molar-refractivity contribution >= 4 is 5.52 Å². The molecule has 1 N–H and O–H groups in total. The van der Waals surface area contributed by atoms with E-state index in [-0.39, 0.29) is 6.61 Å². The molecule has 0 saturated carbocycles. The highest BCUT2D eigenvalue weighted by Crippen LogP contribution is 2.10. The zero-order valence-electron chi connectivity index (χ0n) is 6.86. The zero-order chi connectivity index (χ0) is 8.55. The van der Waals surface area contributed by atoms with E-state index in [1.54, 1.807) is 10.7 Å². The summed E-state index contributed by atoms with van der Waals surface area (Å²) in [6.07, 6.45) is 3.63. The van der Waals surface area contributed by atoms with Crippen LogP contribution in [-0.4, -0.2) is 14.7 Å². The lowest BCUT2D eigenvalue weighted by Gasteiger charge is -1.95. The van der Waals surface area contributed by atoms with Crippen LogP contribution in [0.3, 0.4) is 0 Å². The lowest BCUT2D eigenvalue weighted by molar-refractivity contribution is 0.283. The first-order chi connectivity index (χ1) is 5.81. The van der Waals surface area contributed by atoms with Crippen molar-refractivity contribution in [3.8, 4) is 0 Å². The van der Waals surface area contributed by atoms with Gasteiger partial charge in [-0.2, -0.15) is 5.10 Å². The Morgan fingerprint density at radius 2 is 2.33 bits per heavy atom. The quantitative estimate of drug-likeness (QED) is 0.682. The van der Waals surface area contributed by atoms with Crippen LogP contribution in [0.25, 0.3) is 5.52 Å². The zero-order valence-corrected chi connectivity index (χ0v) is 6.86. The number of nitrogens with zero attached hydrogens (tertiary/aromatic N) is 2. The van der Waals surface area contributed by atoms with Gasteiger partial charge in [0.05, 0.1) is 18.3 Å². The first-order valence-electron chi connectivity index (χ1n) is 3.85. The second kappa shape index (κ2) is 2.60. The van der Waals surface area contributed by atoms with Crippen molar-refractivity contribution in [2.24, 2.45) is 0 Å². The van der Waals surface area contributed by atoms with Crippen LogP contribution in [0.2, 0.25) is 0 Å². The summed E-state index contributed by atoms with van der Waals surface area (Å²) in [6, 6.07) is 3.98. The predicted molar refractivity (Wildman–Crippen MR) is 45.9 cm³/mol. The van der Waals surface area contributed by atoms with Crippen molar-refractivity contribution in [3.05, 3.63) is 35.7 Å². The van der Waals surface area contributed by atoms with Gasteiger partial charge in [0.15, 0.2) is 0 Å². The fourth-order valence-electron chi connectivity index (χ4n) is 1.26. The average Bonchev–Trinajstić information content (AvgIpc) is 2.46. The van der Waals surface area contributed by atoms with Gasteiger partial charge in [-0.15, -0.1) is 0 Å². The Balaban J connectivity index is 2.73. The van der Waals surface area contributed by atoms with E-state index >= 15 is 0 Å². The molecule has 2 heterocycles. The Labute approximate surface area is 70.3 Å². The summed E-state index contributed by atoms with van der Waals surface area (Å²) in [5.74, 6) is 0. The molecule has 0 aliphatic rings. The summed E-state index contributed by atoms with van der Waals surface area (Å²) in [6.45, 7) is 2.06. The Hall–Kier alpha value is -1.35. The number of rotatable bonds is 1. The van der Waals surface area contributed by atoms with Crippen LogP contribution in [0, 0.1) is 6.92 Å². The molecule has 12 heavy (non-hydrogen) atoms. The summed E-state index contributed by atoms with van der Waals surface area (Å²) in [5.41, 5.74) is 3.01. The van der Waals surface area contributed by atoms with Crippen molar-refractivity contribution in [2.75, 3.05) is 0 Å². The van der Waals surface area contributed by atoms with E-state index in [1.165, 1.54) is 0 Å². The molecule has 2 rings (SSSR count). The second-order valence-corrected chi connectivity index (χ2v) is 2.86. The van der Waals surface area contributed by atoms with Gasteiger partial charge in [0.25, 0.3) is 0 Å². The van der Waals surface area contributed by atoms with Gasteiger partial charge in [-0.1, -0.05) is 6.07 Å². The van der Waals surface area contributed by atoms with Gasteiger partial charge in [-0.3, -0.25) is 0 Å². The van der Waals surface area contributed by atoms with Gasteiger partial charge in [0.1, 0.15) is 0 Å². The molecule has 2 aromatic rings. The molecular weight excluding hydrogens is 152 g/mol. The predicted octanol–water partition coefficient (Wildman–Crippen LogP) is 1.14. The summed E-state index contributed by atoms with van der Waals surface area (Å²) in [5, 5.41) is 13.0. The molecule has 0 fully saturated rings. The highest BCUT2D eigenvalue weighted by Gasteiger charge is 2.00. The molecule has 0 bridgehead atoms. The molecule has 3 nitrogen and oxygen atoms in total. The minimum Gasteiger partial charge on any atom is -0.392 e. The fraction of sp³-hybridized carbons (Fsp3) is 0.222. The Bertz CT molecular complexity index is 406. The Morgan fingerprint density at radius 1 is 1.50 bits per heavy atom. The third kappa shape index (κ3) is 0.987. The molecular formula is C9H10N2O. The Morgan fingerprint density at radius 3 is 3.08 bits per heavy atom. The van der Waals surface area contributed by atoms with E-state index in [0.717, 1.165) is 16.6 Å². The number of aliphatic hydroxyl groups excluding tert-OH is 1. The van der Waals surface area contributed by atoms with Gasteiger partial charge >= 0.3 is 0 Å². The smallest absolute Gasteiger partial charge is 0.0718 e. The summed E-state index contributed by atoms with van der Waals surface area (Å²) < 4.78 is 1.78. The van der Waals surface area contributed by atoms with Crippen molar-refractivity contribution in [1.29, 1.82) is 0 Å². The number of aryl methyl sites for hydroxylation is 1. The standard InChI is InChI=1S/C9H10N2O/c1-7-2-3-9-8(6-12)4-10-11(9)5-7/h2-5,12H,6H2,1H3. The molecule has 0 aliphatic carbocycles. The van der Waals surface area contributed by atoms with Crippen LogP contribution >= 0.6 is 0 Å². The molecule has 0 saturated heterocycles. The maximum Gasteiger partial charge on any atom is 0.0718 e. The fourth-order valence-corrected chi connectivity index (χ4v) is 1.26. The number of hydrogen-bond acceptors (Lipinski definition) is 2. The lowest BCUT2D eigenvalue weighted by Crippen LogP contribution is -1.87. The monoisotopic (exact) mass is 162 g/mol. The molecule has 62 valence electrons. The van der Waals surface area contributed by atoms with Gasteiger partial charge in [0, 0.05) is 11.8 Å². The highest BCUT2D eigenvalue weighted by atomic mass is 16.3. The first kappa shape index (κ1) is 7.31. The summed E-state index contributed by atoms with van der Waals surface area (Å²) in [7, 11) is 0. The largest absolute Gasteiger partial charge is 0.392 e. The van der Waals surface area contributed by atoms with Crippen LogP contribution in [0.5, 0.6) is 0 Å². The number of hydrogen-bond donors (Lipinski definition) is 1. The third-order valence-corrected chi connectivity index (χ3v) is 1.91. The van der Waals surface area contributed by atoms with E-state index in [0.29, 0.717) is 0 Å². The second-order valence-electron chi connectivity index (χ2n) is 2.86. The van der Waals surface area contributed by atoms with E-state index in [2.05, 4.69) is 5.10 Å². The van der Waals surface area contributed by atoms with Crippen molar-refractivity contribution in [2.45, 2.75) is 13.5 Å². The molecule has 0 radical (unpaired) electrons. The highest BCUT2D eigenvalue weighted by molar-refractivity contribution is 5.53.